The maximum atomic E-state index is 11.9. The van der Waals surface area contributed by atoms with Crippen molar-refractivity contribution in [2.75, 3.05) is 0 Å². The summed E-state index contributed by atoms with van der Waals surface area (Å²) in [6, 6.07) is 9.89. The van der Waals surface area contributed by atoms with E-state index in [0.717, 1.165) is 17.6 Å². The third kappa shape index (κ3) is 12.0. The first-order valence-corrected chi connectivity index (χ1v) is 13.3. The van der Waals surface area contributed by atoms with Crippen molar-refractivity contribution in [3.63, 3.8) is 0 Å². The van der Waals surface area contributed by atoms with Crippen molar-refractivity contribution in [3.05, 3.63) is 35.9 Å². The highest BCUT2D eigenvalue weighted by Crippen LogP contribution is 2.22. The molecule has 2 fully saturated rings. The van der Waals surface area contributed by atoms with Gasteiger partial charge in [-0.1, -0.05) is 68.9 Å². The Morgan fingerprint density at radius 3 is 1.94 bits per heavy atom. The first kappa shape index (κ1) is 29.3. The average Bonchev–Trinajstić information content (AvgIpc) is 2.83. The molecule has 0 aromatic heterocycles. The lowest BCUT2D eigenvalue weighted by Crippen LogP contribution is -2.55. The molecule has 0 radical (unpaired) electrons. The van der Waals surface area contributed by atoms with Gasteiger partial charge >= 0.3 is 11.9 Å². The fourth-order valence-corrected chi connectivity index (χ4v) is 4.88. The number of carboxylic acids is 1. The Hall–Kier alpha value is -1.96. The summed E-state index contributed by atoms with van der Waals surface area (Å²) in [7, 11) is 0. The zero-order valence-electron chi connectivity index (χ0n) is 21.8. The topological polar surface area (TPSA) is 108 Å². The van der Waals surface area contributed by atoms with E-state index in [-0.39, 0.29) is 13.0 Å². The van der Waals surface area contributed by atoms with Crippen LogP contribution in [-0.4, -0.2) is 51.9 Å². The molecular weight excluding hydrogens is 444 g/mol. The highest BCUT2D eigenvalue weighted by molar-refractivity contribution is 5.75. The molecule has 0 bridgehead atoms. The number of carbonyl (C=O) groups excluding carboxylic acids is 1. The van der Waals surface area contributed by atoms with Gasteiger partial charge in [0, 0.05) is 17.6 Å². The standard InChI is InChI=1S/C16H23NO5.C12H23N/c1-11(18)14(15(20)21)17-16(2,3)9-13(19)22-10-12-7-5-4-6-8-12;1-3-7-11(8-4-1)13-12-9-5-2-6-10-12/h4-8,11,14,17-18H,9-10H2,1-3H3,(H,20,21);11-13H,1-10H2/t11?,14-;/m0./s1. The molecule has 7 nitrogen and oxygen atoms in total. The van der Waals surface area contributed by atoms with E-state index in [0.29, 0.717) is 0 Å². The van der Waals surface area contributed by atoms with E-state index in [4.69, 9.17) is 9.84 Å². The van der Waals surface area contributed by atoms with E-state index in [1.807, 2.05) is 30.3 Å². The van der Waals surface area contributed by atoms with Gasteiger partial charge in [-0.15, -0.1) is 0 Å². The zero-order chi connectivity index (χ0) is 25.7. The van der Waals surface area contributed by atoms with Crippen molar-refractivity contribution in [1.29, 1.82) is 0 Å². The summed E-state index contributed by atoms with van der Waals surface area (Å²) >= 11 is 0. The molecule has 3 rings (SSSR count). The number of benzene rings is 1. The smallest absolute Gasteiger partial charge is 0.323 e. The molecule has 1 aromatic rings. The van der Waals surface area contributed by atoms with E-state index in [9.17, 15) is 14.7 Å². The number of aliphatic hydroxyl groups is 1. The first-order chi connectivity index (χ1) is 16.7. The molecule has 35 heavy (non-hydrogen) atoms. The normalized spacial score (nSPS) is 19.2. The maximum Gasteiger partial charge on any atom is 0.323 e. The van der Waals surface area contributed by atoms with Crippen LogP contribution in [0.25, 0.3) is 0 Å². The lowest BCUT2D eigenvalue weighted by atomic mass is 9.91. The lowest BCUT2D eigenvalue weighted by molar-refractivity contribution is -0.148. The van der Waals surface area contributed by atoms with E-state index in [2.05, 4.69) is 10.6 Å². The van der Waals surface area contributed by atoms with Crippen LogP contribution >= 0.6 is 0 Å². The largest absolute Gasteiger partial charge is 0.480 e. The second-order valence-corrected chi connectivity index (χ2v) is 10.7. The summed E-state index contributed by atoms with van der Waals surface area (Å²) in [5.74, 6) is -1.60. The number of hydrogen-bond acceptors (Lipinski definition) is 6. The molecule has 4 N–H and O–H groups in total. The van der Waals surface area contributed by atoms with Gasteiger partial charge in [-0.3, -0.25) is 14.9 Å². The van der Waals surface area contributed by atoms with Gasteiger partial charge < -0.3 is 20.3 Å². The van der Waals surface area contributed by atoms with E-state index < -0.39 is 29.6 Å². The summed E-state index contributed by atoms with van der Waals surface area (Å²) in [4.78, 5) is 23.0. The Morgan fingerprint density at radius 2 is 1.49 bits per heavy atom. The second kappa shape index (κ2) is 15.2. The Kier molecular flexibility index (Phi) is 12.7. The van der Waals surface area contributed by atoms with Crippen molar-refractivity contribution < 1.29 is 24.5 Å². The van der Waals surface area contributed by atoms with Crippen LogP contribution in [0, 0.1) is 0 Å². The molecule has 0 spiro atoms. The van der Waals surface area contributed by atoms with Gasteiger partial charge in [0.25, 0.3) is 0 Å². The number of aliphatic hydroxyl groups excluding tert-OH is 1. The first-order valence-electron chi connectivity index (χ1n) is 13.3. The van der Waals surface area contributed by atoms with Crippen molar-refractivity contribution in [2.24, 2.45) is 0 Å². The van der Waals surface area contributed by atoms with Crippen LogP contribution < -0.4 is 10.6 Å². The van der Waals surface area contributed by atoms with Crippen LogP contribution in [0.15, 0.2) is 30.3 Å². The zero-order valence-corrected chi connectivity index (χ0v) is 21.8. The number of esters is 1. The maximum absolute atomic E-state index is 11.9. The molecule has 2 saturated carbocycles. The lowest BCUT2D eigenvalue weighted by Gasteiger charge is -2.30. The summed E-state index contributed by atoms with van der Waals surface area (Å²) < 4.78 is 5.18. The van der Waals surface area contributed by atoms with Crippen molar-refractivity contribution >= 4 is 11.9 Å². The van der Waals surface area contributed by atoms with Crippen LogP contribution in [-0.2, 0) is 20.9 Å². The molecule has 198 valence electrons. The van der Waals surface area contributed by atoms with Crippen molar-refractivity contribution in [2.45, 2.75) is 128 Å². The third-order valence-electron chi connectivity index (χ3n) is 6.81. The molecule has 0 amide bonds. The number of carboxylic acid groups (broad SMARTS) is 1. The van der Waals surface area contributed by atoms with Crippen LogP contribution in [0.1, 0.15) is 97.0 Å². The second-order valence-electron chi connectivity index (χ2n) is 10.7. The summed E-state index contributed by atoms with van der Waals surface area (Å²) in [6.07, 6.45) is 13.5. The van der Waals surface area contributed by atoms with Gasteiger partial charge in [-0.25, -0.2) is 0 Å². The van der Waals surface area contributed by atoms with Gasteiger partial charge in [-0.2, -0.15) is 0 Å². The Labute approximate surface area is 211 Å². The highest BCUT2D eigenvalue weighted by Gasteiger charge is 2.32. The average molecular weight is 491 g/mol. The van der Waals surface area contributed by atoms with Crippen LogP contribution in [0.2, 0.25) is 0 Å². The number of hydrogen-bond donors (Lipinski definition) is 4. The number of rotatable bonds is 10. The predicted molar refractivity (Wildman–Crippen MR) is 138 cm³/mol. The molecular formula is C28H46N2O5. The van der Waals surface area contributed by atoms with E-state index in [1.165, 1.54) is 71.1 Å². The van der Waals surface area contributed by atoms with E-state index in [1.54, 1.807) is 13.8 Å². The summed E-state index contributed by atoms with van der Waals surface area (Å²) in [5, 5.41) is 25.2. The van der Waals surface area contributed by atoms with Gasteiger partial charge in [0.05, 0.1) is 12.5 Å². The van der Waals surface area contributed by atoms with Gasteiger partial charge in [0.1, 0.15) is 12.6 Å². The SMILES string of the molecule is C1CCC(NC2CCCCC2)CC1.CC(O)[C@H](NC(C)(C)CC(=O)OCc1ccccc1)C(=O)O. The Bertz CT molecular complexity index is 725. The summed E-state index contributed by atoms with van der Waals surface area (Å²) in [6.45, 7) is 4.94. The molecule has 2 aliphatic carbocycles. The Morgan fingerprint density at radius 1 is 0.971 bits per heavy atom. The van der Waals surface area contributed by atoms with Crippen LogP contribution in [0.4, 0.5) is 0 Å². The number of ether oxygens (including phenoxy) is 1. The molecule has 7 heteroatoms. The highest BCUT2D eigenvalue weighted by atomic mass is 16.5. The fourth-order valence-electron chi connectivity index (χ4n) is 4.88. The molecule has 1 unspecified atom stereocenters. The molecule has 0 saturated heterocycles. The number of nitrogens with one attached hydrogen (secondary N) is 2. The Balaban J connectivity index is 0.000000279. The molecule has 0 heterocycles. The molecule has 2 atom stereocenters. The minimum absolute atomic E-state index is 0.00364. The quantitative estimate of drug-likeness (QED) is 0.356. The third-order valence-corrected chi connectivity index (χ3v) is 6.81. The summed E-state index contributed by atoms with van der Waals surface area (Å²) in [5.41, 5.74) is 0.0717. The molecule has 2 aliphatic rings. The van der Waals surface area contributed by atoms with Crippen molar-refractivity contribution in [1.82, 2.24) is 10.6 Å². The predicted octanol–water partition coefficient (Wildman–Crippen LogP) is 4.56. The fraction of sp³-hybridized carbons (Fsp3) is 0.714. The minimum atomic E-state index is -1.17. The number of aliphatic carboxylic acids is 1. The van der Waals surface area contributed by atoms with Crippen LogP contribution in [0.5, 0.6) is 0 Å². The minimum Gasteiger partial charge on any atom is -0.480 e. The molecule has 1 aromatic carbocycles. The van der Waals surface area contributed by atoms with Gasteiger partial charge in [0.15, 0.2) is 0 Å². The number of carbonyl (C=O) groups is 2. The van der Waals surface area contributed by atoms with Gasteiger partial charge in [-0.05, 0) is 52.0 Å². The van der Waals surface area contributed by atoms with Gasteiger partial charge in [0.2, 0.25) is 0 Å². The van der Waals surface area contributed by atoms with Crippen molar-refractivity contribution in [3.8, 4) is 0 Å². The van der Waals surface area contributed by atoms with E-state index >= 15 is 0 Å². The molecule has 0 aliphatic heterocycles. The monoisotopic (exact) mass is 490 g/mol. The van der Waals surface area contributed by atoms with Crippen LogP contribution in [0.3, 0.4) is 0 Å².